The first-order valence-electron chi connectivity index (χ1n) is 33.1. The van der Waals surface area contributed by atoms with Gasteiger partial charge in [0.05, 0.1) is 34.0 Å². The second kappa shape index (κ2) is 40.1. The first-order chi connectivity index (χ1) is 45.0. The Morgan fingerprint density at radius 3 is 1.23 bits per heavy atom. The van der Waals surface area contributed by atoms with Gasteiger partial charge in [-0.1, -0.05) is 280 Å². The number of imidazole rings is 6. The zero-order chi connectivity index (χ0) is 63.0. The first-order valence-corrected chi connectivity index (χ1v) is 33.1. The molecule has 0 unspecified atom stereocenters. The lowest BCUT2D eigenvalue weighted by Crippen LogP contribution is -1.90. The molecule has 0 amide bonds. The Hall–Kier alpha value is -9.68. The molecule has 0 radical (unpaired) electrons. The van der Waals surface area contributed by atoms with E-state index in [1.807, 2.05) is 153 Å². The van der Waals surface area contributed by atoms with Crippen molar-refractivity contribution in [3.63, 3.8) is 0 Å². The Balaban J connectivity index is 0.000000142. The Kier molecular flexibility index (Phi) is 29.6. The number of aryl methyl sites for hydroxylation is 3. The fourth-order valence-corrected chi connectivity index (χ4v) is 10.5. The summed E-state index contributed by atoms with van der Waals surface area (Å²) in [5.41, 5.74) is 12.5. The number of hydrogen-bond acceptors (Lipinski definition) is 6. The van der Waals surface area contributed by atoms with E-state index >= 15 is 0 Å². The normalized spacial score (nSPS) is 10.6. The summed E-state index contributed by atoms with van der Waals surface area (Å²) < 4.78 is 0. The minimum atomic E-state index is 0.841. The third kappa shape index (κ3) is 25.0. The molecule has 12 nitrogen and oxygen atoms in total. The molecule has 0 aliphatic carbocycles. The number of benzene rings is 7. The number of hydrogen-bond donors (Lipinski definition) is 6. The van der Waals surface area contributed by atoms with E-state index < -0.39 is 0 Å². The maximum Gasteiger partial charge on any atom is 0.137 e. The molecule has 0 fully saturated rings. The van der Waals surface area contributed by atoms with Crippen LogP contribution in [0.4, 0.5) is 0 Å². The van der Waals surface area contributed by atoms with Gasteiger partial charge in [-0.2, -0.15) is 0 Å². The summed E-state index contributed by atoms with van der Waals surface area (Å²) in [6, 6.07) is 67.5. The quantitative estimate of drug-likeness (QED) is 0.0311. The van der Waals surface area contributed by atoms with E-state index in [0.717, 1.165) is 105 Å². The van der Waals surface area contributed by atoms with Gasteiger partial charge in [0.25, 0.3) is 0 Å². The van der Waals surface area contributed by atoms with Gasteiger partial charge in [-0.15, -0.1) is 0 Å². The average molecular weight is 1210 g/mol. The molecule has 0 saturated carbocycles. The zero-order valence-electron chi connectivity index (χ0n) is 53.8. The molecule has 470 valence electrons. The number of fused-ring (bicyclic) bond motifs is 2. The van der Waals surface area contributed by atoms with Crippen molar-refractivity contribution in [3.05, 3.63) is 277 Å². The van der Waals surface area contributed by atoms with Crippen molar-refractivity contribution in [3.8, 4) is 34.0 Å². The lowest BCUT2D eigenvalue weighted by Gasteiger charge is -2.01. The molecular formula is C79H94N12. The highest BCUT2D eigenvalue weighted by Crippen LogP contribution is 2.20. The number of nitrogens with zero attached hydrogens (tertiary/aromatic N) is 6. The van der Waals surface area contributed by atoms with Gasteiger partial charge in [0.15, 0.2) is 0 Å². The number of rotatable bonds is 25. The summed E-state index contributed by atoms with van der Waals surface area (Å²) in [6.45, 7) is 6.54. The molecule has 13 aromatic rings. The van der Waals surface area contributed by atoms with E-state index in [1.54, 1.807) is 6.20 Å². The molecule has 12 heteroatoms. The minimum Gasteiger partial charge on any atom is -0.349 e. The third-order valence-electron chi connectivity index (χ3n) is 15.4. The highest BCUT2D eigenvalue weighted by atomic mass is 14.9. The zero-order valence-corrected chi connectivity index (χ0v) is 53.8. The molecule has 6 N–H and O–H groups in total. The smallest absolute Gasteiger partial charge is 0.137 e. The van der Waals surface area contributed by atoms with Gasteiger partial charge in [0.1, 0.15) is 34.9 Å². The van der Waals surface area contributed by atoms with Crippen molar-refractivity contribution in [2.75, 3.05) is 0 Å². The van der Waals surface area contributed by atoms with Crippen LogP contribution in [0.25, 0.3) is 56.1 Å². The Morgan fingerprint density at radius 2 is 0.747 bits per heavy atom. The average Bonchev–Trinajstić information content (AvgIpc) is 3.28. The van der Waals surface area contributed by atoms with E-state index in [2.05, 4.69) is 159 Å². The van der Waals surface area contributed by atoms with Gasteiger partial charge in [-0.05, 0) is 60.7 Å². The number of aromatic nitrogens is 12. The minimum absolute atomic E-state index is 0.841. The van der Waals surface area contributed by atoms with Crippen molar-refractivity contribution in [1.29, 1.82) is 0 Å². The first kappa shape index (κ1) is 67.3. The van der Waals surface area contributed by atoms with Crippen LogP contribution in [0.5, 0.6) is 0 Å². The standard InChI is InChI=1S/C16H14N2.C16H24N2.C14H12N2.C14H26N2.C10H10N2.C9H8N2/c1-3-7-13(8-4-1)11-16-17-12-15(18-16)14-9-5-2-6-10-14;1-2-3-4-5-6-7-8-13-16-17-14-11-9-10-12-15(14)18-16;1-2-6-11(7-3-1)10-14-15-12-8-4-5-9-13(12)16-14;1-2-3-4-5-6-7-8-9-10-11-14-15-12-13-16-14;1-8-7-11-10(12-8)9-5-3-2-4-6-9;1-2-4-8(5-3-1)9-10-6-7-11-9/h1-10,12H,11H2,(H,17,18);9-12H,2-8,13H2,1H3,(H,17,18);1-9H,10H2,(H,15,16);12-13H,2-11H2,1H3,(H,15,16);2-7H,1H3,(H,11,12);1-7H,(H,10,11). The predicted molar refractivity (Wildman–Crippen MR) is 379 cm³/mol. The SMILES string of the molecule is CCCCCCCCCCCc1ncc[nH]1.CCCCCCCCCc1nc2ccccc2[nH]1.Cc1cnc(-c2ccccc2)[nH]1.c1ccc(-c2ncc[nH]2)cc1.c1ccc(Cc2nc3ccccc3[nH]2)cc1.c1ccc(Cc2ncc(-c3ccccc3)[nH]2)cc1. The summed E-state index contributed by atoms with van der Waals surface area (Å²) in [7, 11) is 0. The van der Waals surface area contributed by atoms with Crippen LogP contribution in [-0.4, -0.2) is 59.8 Å². The van der Waals surface area contributed by atoms with Gasteiger partial charge in [-0.3, -0.25) is 0 Å². The van der Waals surface area contributed by atoms with Gasteiger partial charge >= 0.3 is 0 Å². The molecule has 0 bridgehead atoms. The van der Waals surface area contributed by atoms with E-state index in [-0.39, 0.29) is 0 Å². The second-order valence-electron chi connectivity index (χ2n) is 22.9. The van der Waals surface area contributed by atoms with Crippen LogP contribution in [0.15, 0.2) is 237 Å². The number of nitrogens with one attached hydrogen (secondary N) is 6. The van der Waals surface area contributed by atoms with Crippen LogP contribution in [-0.2, 0) is 25.7 Å². The summed E-state index contributed by atoms with van der Waals surface area (Å²) in [5, 5.41) is 0. The Morgan fingerprint density at radius 1 is 0.319 bits per heavy atom. The van der Waals surface area contributed by atoms with Crippen molar-refractivity contribution < 1.29 is 0 Å². The third-order valence-corrected chi connectivity index (χ3v) is 15.4. The van der Waals surface area contributed by atoms with Crippen LogP contribution in [0, 0.1) is 6.92 Å². The fourth-order valence-electron chi connectivity index (χ4n) is 10.5. The molecule has 0 aliphatic heterocycles. The topological polar surface area (TPSA) is 172 Å². The molecule has 0 aliphatic rings. The monoisotopic (exact) mass is 1210 g/mol. The molecule has 0 spiro atoms. The van der Waals surface area contributed by atoms with Crippen molar-refractivity contribution >= 4 is 22.1 Å². The fraction of sp³-hybridized carbons (Fsp3) is 0.291. The van der Waals surface area contributed by atoms with Crippen LogP contribution in [0.1, 0.15) is 157 Å². The van der Waals surface area contributed by atoms with E-state index in [1.165, 1.54) is 119 Å². The van der Waals surface area contributed by atoms with E-state index in [9.17, 15) is 0 Å². The van der Waals surface area contributed by atoms with Crippen molar-refractivity contribution in [2.24, 2.45) is 0 Å². The molecule has 7 aromatic carbocycles. The van der Waals surface area contributed by atoms with Gasteiger partial charge in [0, 0.05) is 73.5 Å². The van der Waals surface area contributed by atoms with Crippen LogP contribution in [0.3, 0.4) is 0 Å². The lowest BCUT2D eigenvalue weighted by molar-refractivity contribution is 0.562. The number of aromatic amines is 6. The maximum absolute atomic E-state index is 4.60. The number of unbranched alkanes of at least 4 members (excludes halogenated alkanes) is 14. The van der Waals surface area contributed by atoms with Crippen LogP contribution < -0.4 is 0 Å². The predicted octanol–water partition coefficient (Wildman–Crippen LogP) is 20.6. The maximum atomic E-state index is 4.60. The molecule has 0 saturated heterocycles. The van der Waals surface area contributed by atoms with Crippen molar-refractivity contribution in [2.45, 2.75) is 149 Å². The lowest BCUT2D eigenvalue weighted by atomic mass is 10.1. The number of H-pyrrole nitrogens is 6. The molecule has 13 rings (SSSR count). The molecule has 6 heterocycles. The van der Waals surface area contributed by atoms with E-state index in [4.69, 9.17) is 0 Å². The summed E-state index contributed by atoms with van der Waals surface area (Å²) >= 11 is 0. The highest BCUT2D eigenvalue weighted by molar-refractivity contribution is 5.75. The molecular weight excluding hydrogens is 1120 g/mol. The summed E-state index contributed by atoms with van der Waals surface area (Å²) in [6.07, 6.45) is 37.0. The largest absolute Gasteiger partial charge is 0.349 e. The van der Waals surface area contributed by atoms with Crippen LogP contribution >= 0.6 is 0 Å². The second-order valence-corrected chi connectivity index (χ2v) is 22.9. The Bertz CT molecular complexity index is 3800. The molecule has 91 heavy (non-hydrogen) atoms. The van der Waals surface area contributed by atoms with Crippen molar-refractivity contribution in [1.82, 2.24) is 59.8 Å². The highest BCUT2D eigenvalue weighted by Gasteiger charge is 2.06. The van der Waals surface area contributed by atoms with E-state index in [0.29, 0.717) is 0 Å². The number of para-hydroxylation sites is 4. The molecule has 6 aromatic heterocycles. The van der Waals surface area contributed by atoms with Gasteiger partial charge in [0.2, 0.25) is 0 Å². The molecule has 0 atom stereocenters. The summed E-state index contributed by atoms with van der Waals surface area (Å²) in [4.78, 5) is 45.6. The van der Waals surface area contributed by atoms with Gasteiger partial charge < -0.3 is 29.9 Å². The van der Waals surface area contributed by atoms with Gasteiger partial charge in [-0.25, -0.2) is 29.9 Å². The summed E-state index contributed by atoms with van der Waals surface area (Å²) in [5.74, 6) is 6.17. The van der Waals surface area contributed by atoms with Crippen LogP contribution in [0.2, 0.25) is 0 Å². The Labute approximate surface area is 539 Å².